The molecule has 1 aromatic rings. The van der Waals surface area contributed by atoms with Gasteiger partial charge in [-0.3, -0.25) is 4.79 Å². The van der Waals surface area contributed by atoms with Gasteiger partial charge in [0, 0.05) is 0 Å². The molecule has 20 heavy (non-hydrogen) atoms. The summed E-state index contributed by atoms with van der Waals surface area (Å²) in [7, 11) is 1.37. The summed E-state index contributed by atoms with van der Waals surface area (Å²) in [5.74, 6) is -0.443. The Morgan fingerprint density at radius 2 is 2.10 bits per heavy atom. The van der Waals surface area contributed by atoms with E-state index in [9.17, 15) is 10.0 Å². The minimum Gasteiger partial charge on any atom is -0.399 e. The van der Waals surface area contributed by atoms with Crippen LogP contribution >= 0.6 is 0 Å². The van der Waals surface area contributed by atoms with Crippen molar-refractivity contribution >= 4 is 23.0 Å². The maximum Gasteiger partial charge on any atom is 0.281 e. The number of amides is 1. The summed E-state index contributed by atoms with van der Waals surface area (Å²) in [6.45, 7) is 3.22. The van der Waals surface area contributed by atoms with Gasteiger partial charge in [0.1, 0.15) is 7.11 Å². The fourth-order valence-corrected chi connectivity index (χ4v) is 2.16. The Kier molecular flexibility index (Phi) is 3.82. The molecule has 2 N–H and O–H groups in total. The number of anilines is 1. The number of hydrogen-bond donors (Lipinski definition) is 2. The molecule has 7 heteroatoms. The first kappa shape index (κ1) is 14.2. The normalized spacial score (nSPS) is 23.0. The third-order valence-electron chi connectivity index (χ3n) is 3.25. The molecule has 0 aromatic heterocycles. The molecule has 0 bridgehead atoms. The van der Waals surface area contributed by atoms with Gasteiger partial charge in [-0.05, 0) is 26.0 Å². The summed E-state index contributed by atoms with van der Waals surface area (Å²) in [5.41, 5.74) is 1.80. The Hall–Kier alpha value is -2.25. The topological polar surface area (TPSA) is 86.5 Å². The fraction of sp³-hybridized carbons (Fsp3) is 0.308. The van der Waals surface area contributed by atoms with Crippen LogP contribution in [0.2, 0.25) is 0 Å². The van der Waals surface area contributed by atoms with Crippen LogP contribution in [-0.2, 0) is 9.63 Å². The number of nitrogens with one attached hydrogen (secondary N) is 1. The van der Waals surface area contributed by atoms with E-state index in [4.69, 9.17) is 4.84 Å². The van der Waals surface area contributed by atoms with Gasteiger partial charge < -0.3 is 10.0 Å². The van der Waals surface area contributed by atoms with Crippen LogP contribution in [-0.4, -0.2) is 35.2 Å². The predicted molar refractivity (Wildman–Crippen MR) is 74.8 cm³/mol. The van der Waals surface area contributed by atoms with Crippen molar-refractivity contribution in [3.63, 3.8) is 0 Å². The van der Waals surface area contributed by atoms with Gasteiger partial charge in [-0.1, -0.05) is 23.4 Å². The lowest BCUT2D eigenvalue weighted by atomic mass is 9.90. The molecule has 0 spiro atoms. The second-order valence-electron chi connectivity index (χ2n) is 4.36. The second kappa shape index (κ2) is 5.40. The first-order valence-electron chi connectivity index (χ1n) is 6.02. The molecular weight excluding hydrogens is 260 g/mol. The summed E-state index contributed by atoms with van der Waals surface area (Å²) >= 11 is 0. The summed E-state index contributed by atoms with van der Waals surface area (Å²) in [6.07, 6.45) is 0. The van der Waals surface area contributed by atoms with Crippen LogP contribution < -0.4 is 10.5 Å². The number of oxime groups is 1. The van der Waals surface area contributed by atoms with Crippen molar-refractivity contribution in [2.24, 2.45) is 10.3 Å². The highest BCUT2D eigenvalue weighted by Crippen LogP contribution is 2.27. The standard InChI is InChI=1S/C13H16N4O3/c1-9-13(16-19,10(2)15-20-3)12(18)17(14-9)11-7-5-4-6-8-11/h4-8,16,19H,1-3H3. The lowest BCUT2D eigenvalue weighted by Crippen LogP contribution is -2.61. The molecule has 1 atom stereocenters. The average Bonchev–Trinajstić information content (AvgIpc) is 2.72. The third kappa shape index (κ3) is 1.97. The van der Waals surface area contributed by atoms with Crippen molar-refractivity contribution in [3.05, 3.63) is 30.3 Å². The molecule has 0 aliphatic carbocycles. The summed E-state index contributed by atoms with van der Waals surface area (Å²) in [4.78, 5) is 17.3. The van der Waals surface area contributed by atoms with Crippen molar-refractivity contribution in [3.8, 4) is 0 Å². The molecular formula is C13H16N4O3. The highest BCUT2D eigenvalue weighted by Gasteiger charge is 2.52. The molecule has 1 amide bonds. The molecule has 0 saturated carbocycles. The van der Waals surface area contributed by atoms with E-state index in [2.05, 4.69) is 10.3 Å². The number of carbonyl (C=O) groups is 1. The first-order valence-corrected chi connectivity index (χ1v) is 6.02. The van der Waals surface area contributed by atoms with E-state index in [1.165, 1.54) is 12.1 Å². The highest BCUT2D eigenvalue weighted by molar-refractivity contribution is 6.36. The van der Waals surface area contributed by atoms with E-state index in [1.54, 1.807) is 38.1 Å². The maximum absolute atomic E-state index is 12.6. The molecule has 0 saturated heterocycles. The summed E-state index contributed by atoms with van der Waals surface area (Å²) < 4.78 is 0. The number of rotatable bonds is 4. The van der Waals surface area contributed by atoms with E-state index in [-0.39, 0.29) is 5.71 Å². The van der Waals surface area contributed by atoms with Gasteiger partial charge in [-0.15, -0.1) is 0 Å². The van der Waals surface area contributed by atoms with Gasteiger partial charge in [-0.25, -0.2) is 0 Å². The molecule has 106 valence electrons. The van der Waals surface area contributed by atoms with E-state index >= 15 is 0 Å². The van der Waals surface area contributed by atoms with Gasteiger partial charge in [-0.2, -0.15) is 15.6 Å². The smallest absolute Gasteiger partial charge is 0.281 e. The first-order chi connectivity index (χ1) is 9.57. The largest absolute Gasteiger partial charge is 0.399 e. The minimum absolute atomic E-state index is 0.271. The summed E-state index contributed by atoms with van der Waals surface area (Å²) in [6, 6.07) is 8.96. The van der Waals surface area contributed by atoms with E-state index in [0.717, 1.165) is 0 Å². The SMILES string of the molecule is CON=C(C)C1(NO)C(=O)N(c2ccccc2)N=C1C. The Labute approximate surface area is 116 Å². The molecule has 2 rings (SSSR count). The third-order valence-corrected chi connectivity index (χ3v) is 3.25. The van der Waals surface area contributed by atoms with Crippen LogP contribution in [0, 0.1) is 0 Å². The average molecular weight is 276 g/mol. The summed E-state index contributed by atoms with van der Waals surface area (Å²) in [5, 5.41) is 18.7. The number of benzene rings is 1. The van der Waals surface area contributed by atoms with Crippen LogP contribution in [0.4, 0.5) is 5.69 Å². The van der Waals surface area contributed by atoms with Crippen molar-refractivity contribution < 1.29 is 14.8 Å². The molecule has 0 fully saturated rings. The lowest BCUT2D eigenvalue weighted by Gasteiger charge is -2.25. The van der Waals surface area contributed by atoms with Crippen LogP contribution in [0.5, 0.6) is 0 Å². The van der Waals surface area contributed by atoms with Crippen LogP contribution in [0.1, 0.15) is 13.8 Å². The second-order valence-corrected chi connectivity index (χ2v) is 4.36. The molecule has 7 nitrogen and oxygen atoms in total. The van der Waals surface area contributed by atoms with Gasteiger partial charge in [0.05, 0.1) is 17.1 Å². The number of hydroxylamine groups is 1. The monoisotopic (exact) mass is 276 g/mol. The van der Waals surface area contributed by atoms with Gasteiger partial charge in [0.2, 0.25) is 5.54 Å². The number of nitrogens with zero attached hydrogens (tertiary/aromatic N) is 3. The Balaban J connectivity index is 2.47. The van der Waals surface area contributed by atoms with Crippen molar-refractivity contribution in [1.29, 1.82) is 0 Å². The van der Waals surface area contributed by atoms with Crippen LogP contribution in [0.3, 0.4) is 0 Å². The highest BCUT2D eigenvalue weighted by atomic mass is 16.6. The zero-order chi connectivity index (χ0) is 14.8. The van der Waals surface area contributed by atoms with Crippen molar-refractivity contribution in [2.45, 2.75) is 19.4 Å². The number of carbonyl (C=O) groups excluding carboxylic acids is 1. The van der Waals surface area contributed by atoms with E-state index in [1.807, 2.05) is 11.5 Å². The quantitative estimate of drug-likeness (QED) is 0.638. The Morgan fingerprint density at radius 1 is 1.45 bits per heavy atom. The molecule has 0 radical (unpaired) electrons. The molecule has 1 aromatic carbocycles. The zero-order valence-corrected chi connectivity index (χ0v) is 11.5. The number of hydrazone groups is 1. The van der Waals surface area contributed by atoms with E-state index in [0.29, 0.717) is 11.4 Å². The molecule has 1 heterocycles. The Bertz CT molecular complexity index is 570. The maximum atomic E-state index is 12.6. The van der Waals surface area contributed by atoms with Crippen molar-refractivity contribution in [1.82, 2.24) is 5.48 Å². The molecule has 1 aliphatic rings. The minimum atomic E-state index is -1.49. The lowest BCUT2D eigenvalue weighted by molar-refractivity contribution is -0.122. The van der Waals surface area contributed by atoms with Crippen molar-refractivity contribution in [2.75, 3.05) is 12.1 Å². The van der Waals surface area contributed by atoms with Crippen LogP contribution in [0.15, 0.2) is 40.6 Å². The fourth-order valence-electron chi connectivity index (χ4n) is 2.16. The van der Waals surface area contributed by atoms with Crippen LogP contribution in [0.25, 0.3) is 0 Å². The zero-order valence-electron chi connectivity index (χ0n) is 11.5. The van der Waals surface area contributed by atoms with Gasteiger partial charge in [0.15, 0.2) is 0 Å². The molecule has 1 aliphatic heterocycles. The number of hydrogen-bond acceptors (Lipinski definition) is 6. The predicted octanol–water partition coefficient (Wildman–Crippen LogP) is 1.15. The van der Waals surface area contributed by atoms with Gasteiger partial charge >= 0.3 is 0 Å². The Morgan fingerprint density at radius 3 is 2.65 bits per heavy atom. The number of para-hydroxylation sites is 1. The van der Waals surface area contributed by atoms with E-state index < -0.39 is 11.4 Å². The molecule has 1 unspecified atom stereocenters. The van der Waals surface area contributed by atoms with Gasteiger partial charge in [0.25, 0.3) is 5.91 Å².